The summed E-state index contributed by atoms with van der Waals surface area (Å²) in [6.45, 7) is 1.90. The van der Waals surface area contributed by atoms with Gasteiger partial charge in [-0.05, 0) is 67.1 Å². The monoisotopic (exact) mass is 445 g/mol. The molecule has 0 aliphatic carbocycles. The van der Waals surface area contributed by atoms with Crippen molar-refractivity contribution >= 4 is 43.4 Å². The van der Waals surface area contributed by atoms with Crippen molar-refractivity contribution in [2.75, 3.05) is 10.0 Å². The Bertz CT molecular complexity index is 1080. The van der Waals surface area contributed by atoms with Crippen LogP contribution in [0, 0.1) is 6.92 Å². The highest BCUT2D eigenvalue weighted by Crippen LogP contribution is 2.20. The van der Waals surface area contributed by atoms with Crippen LogP contribution in [0.5, 0.6) is 0 Å². The molecule has 138 valence electrons. The third kappa shape index (κ3) is 4.93. The number of nitrogens with one attached hydrogen (secondary N) is 2. The summed E-state index contributed by atoms with van der Waals surface area (Å²) in [4.78, 5) is 16.6. The van der Waals surface area contributed by atoms with Gasteiger partial charge in [-0.1, -0.05) is 22.0 Å². The fourth-order valence-corrected chi connectivity index (χ4v) is 3.66. The SMILES string of the molecule is Cc1ccnc(NC(=O)c2cccc(NS(=O)(=O)c3ccc(Br)cc3)c2)c1. The summed E-state index contributed by atoms with van der Waals surface area (Å²) in [5.74, 6) is 0.0543. The average Bonchev–Trinajstić information content (AvgIpc) is 2.62. The molecule has 3 rings (SSSR count). The highest BCUT2D eigenvalue weighted by atomic mass is 79.9. The maximum Gasteiger partial charge on any atom is 0.261 e. The lowest BCUT2D eigenvalue weighted by molar-refractivity contribution is 0.102. The molecular formula is C19H16BrN3O3S. The van der Waals surface area contributed by atoms with Crippen LogP contribution in [0.3, 0.4) is 0 Å². The second kappa shape index (κ2) is 7.89. The summed E-state index contributed by atoms with van der Waals surface area (Å²) in [5.41, 5.74) is 1.58. The van der Waals surface area contributed by atoms with E-state index >= 15 is 0 Å². The number of carbonyl (C=O) groups is 1. The molecule has 2 aromatic carbocycles. The lowest BCUT2D eigenvalue weighted by Crippen LogP contribution is -2.15. The van der Waals surface area contributed by atoms with Crippen LogP contribution in [0.15, 0.2) is 76.2 Å². The number of aryl methyl sites for hydroxylation is 1. The molecule has 0 unspecified atom stereocenters. The number of amides is 1. The van der Waals surface area contributed by atoms with Crippen molar-refractivity contribution in [2.24, 2.45) is 0 Å². The summed E-state index contributed by atoms with van der Waals surface area (Å²) < 4.78 is 28.2. The second-order valence-electron chi connectivity index (χ2n) is 5.81. The lowest BCUT2D eigenvalue weighted by Gasteiger charge is -2.10. The largest absolute Gasteiger partial charge is 0.307 e. The summed E-state index contributed by atoms with van der Waals surface area (Å²) in [6.07, 6.45) is 1.60. The minimum Gasteiger partial charge on any atom is -0.307 e. The molecule has 0 saturated heterocycles. The molecule has 0 atom stereocenters. The van der Waals surface area contributed by atoms with Gasteiger partial charge in [0.1, 0.15) is 5.82 Å². The summed E-state index contributed by atoms with van der Waals surface area (Å²) >= 11 is 3.27. The average molecular weight is 446 g/mol. The van der Waals surface area contributed by atoms with Gasteiger partial charge in [-0.25, -0.2) is 13.4 Å². The summed E-state index contributed by atoms with van der Waals surface area (Å²) in [7, 11) is -3.75. The number of anilines is 2. The van der Waals surface area contributed by atoms with E-state index in [1.54, 1.807) is 42.6 Å². The zero-order chi connectivity index (χ0) is 19.4. The maximum absolute atomic E-state index is 12.5. The molecule has 0 saturated carbocycles. The first-order valence-corrected chi connectivity index (χ1v) is 10.2. The zero-order valence-corrected chi connectivity index (χ0v) is 16.7. The van der Waals surface area contributed by atoms with Crippen LogP contribution >= 0.6 is 15.9 Å². The van der Waals surface area contributed by atoms with Crippen molar-refractivity contribution in [1.82, 2.24) is 4.98 Å². The van der Waals surface area contributed by atoms with Crippen LogP contribution in [0.1, 0.15) is 15.9 Å². The highest BCUT2D eigenvalue weighted by Gasteiger charge is 2.15. The van der Waals surface area contributed by atoms with Crippen molar-refractivity contribution in [3.8, 4) is 0 Å². The molecule has 1 aromatic heterocycles. The summed E-state index contributed by atoms with van der Waals surface area (Å²) in [5, 5.41) is 2.69. The van der Waals surface area contributed by atoms with Crippen molar-refractivity contribution in [3.05, 3.63) is 82.5 Å². The third-order valence-corrected chi connectivity index (χ3v) is 5.58. The van der Waals surface area contributed by atoms with Crippen molar-refractivity contribution in [1.29, 1.82) is 0 Å². The number of aromatic nitrogens is 1. The first-order chi connectivity index (χ1) is 12.8. The first kappa shape index (κ1) is 19.1. The Morgan fingerprint density at radius 1 is 1.04 bits per heavy atom. The molecule has 0 bridgehead atoms. The molecule has 3 aromatic rings. The van der Waals surface area contributed by atoms with Crippen LogP contribution in [0.4, 0.5) is 11.5 Å². The van der Waals surface area contributed by atoms with Gasteiger partial charge in [0.15, 0.2) is 0 Å². The Hall–Kier alpha value is -2.71. The van der Waals surface area contributed by atoms with E-state index in [2.05, 4.69) is 31.0 Å². The van der Waals surface area contributed by atoms with Crippen molar-refractivity contribution < 1.29 is 13.2 Å². The molecule has 0 aliphatic heterocycles. The molecule has 8 heteroatoms. The van der Waals surface area contributed by atoms with Gasteiger partial charge in [-0.3, -0.25) is 9.52 Å². The van der Waals surface area contributed by atoms with Crippen LogP contribution in [-0.2, 0) is 10.0 Å². The number of hydrogen-bond donors (Lipinski definition) is 2. The van der Waals surface area contributed by atoms with Crippen LogP contribution < -0.4 is 10.0 Å². The number of halogens is 1. The number of hydrogen-bond acceptors (Lipinski definition) is 4. The summed E-state index contributed by atoms with van der Waals surface area (Å²) in [6, 6.07) is 16.1. The predicted octanol–water partition coefficient (Wildman–Crippen LogP) is 4.21. The molecule has 0 aliphatic rings. The minimum atomic E-state index is -3.75. The molecule has 1 amide bonds. The Labute approximate surface area is 165 Å². The van der Waals surface area contributed by atoms with E-state index in [0.717, 1.165) is 10.0 Å². The first-order valence-electron chi connectivity index (χ1n) is 7.96. The minimum absolute atomic E-state index is 0.129. The highest BCUT2D eigenvalue weighted by molar-refractivity contribution is 9.10. The van der Waals surface area contributed by atoms with Crippen LogP contribution in [0.25, 0.3) is 0 Å². The van der Waals surface area contributed by atoms with Gasteiger partial charge in [0.05, 0.1) is 4.90 Å². The number of carbonyl (C=O) groups excluding carboxylic acids is 1. The topological polar surface area (TPSA) is 88.2 Å². The number of benzene rings is 2. The van der Waals surface area contributed by atoms with Crippen molar-refractivity contribution in [3.63, 3.8) is 0 Å². The van der Waals surface area contributed by atoms with E-state index in [0.29, 0.717) is 17.1 Å². The molecule has 0 fully saturated rings. The Morgan fingerprint density at radius 2 is 1.78 bits per heavy atom. The van der Waals surface area contributed by atoms with E-state index in [1.165, 1.54) is 18.2 Å². The van der Waals surface area contributed by atoms with E-state index in [9.17, 15) is 13.2 Å². The number of pyridine rings is 1. The number of rotatable bonds is 5. The normalized spacial score (nSPS) is 11.0. The second-order valence-corrected chi connectivity index (χ2v) is 8.41. The Morgan fingerprint density at radius 3 is 2.48 bits per heavy atom. The van der Waals surface area contributed by atoms with Crippen molar-refractivity contribution in [2.45, 2.75) is 11.8 Å². The predicted molar refractivity (Wildman–Crippen MR) is 108 cm³/mol. The molecule has 2 N–H and O–H groups in total. The van der Waals surface area contributed by atoms with Gasteiger partial charge in [0.2, 0.25) is 0 Å². The zero-order valence-electron chi connectivity index (χ0n) is 14.3. The van der Waals surface area contributed by atoms with Gasteiger partial charge < -0.3 is 5.32 Å². The molecule has 0 spiro atoms. The van der Waals surface area contributed by atoms with Gasteiger partial charge in [0.25, 0.3) is 15.9 Å². The van der Waals surface area contributed by atoms with E-state index in [4.69, 9.17) is 0 Å². The Balaban J connectivity index is 1.79. The van der Waals surface area contributed by atoms with Gasteiger partial charge in [0, 0.05) is 21.9 Å². The fraction of sp³-hybridized carbons (Fsp3) is 0.0526. The van der Waals surface area contributed by atoms with E-state index < -0.39 is 10.0 Å². The fourth-order valence-electron chi connectivity index (χ4n) is 2.34. The van der Waals surface area contributed by atoms with Gasteiger partial charge in [-0.2, -0.15) is 0 Å². The van der Waals surface area contributed by atoms with E-state index in [1.807, 2.05) is 13.0 Å². The maximum atomic E-state index is 12.5. The number of nitrogens with zero attached hydrogens (tertiary/aromatic N) is 1. The van der Waals surface area contributed by atoms with Crippen LogP contribution in [0.2, 0.25) is 0 Å². The standard InChI is InChI=1S/C19H16BrN3O3S/c1-13-9-10-21-18(11-13)22-19(24)14-3-2-4-16(12-14)23-27(25,26)17-7-5-15(20)6-8-17/h2-12,23H,1H3,(H,21,22,24). The molecule has 1 heterocycles. The third-order valence-electron chi connectivity index (χ3n) is 3.66. The van der Waals surface area contributed by atoms with Crippen LogP contribution in [-0.4, -0.2) is 19.3 Å². The number of sulfonamides is 1. The smallest absolute Gasteiger partial charge is 0.261 e. The molecular weight excluding hydrogens is 430 g/mol. The van der Waals surface area contributed by atoms with E-state index in [-0.39, 0.29) is 10.8 Å². The quantitative estimate of drug-likeness (QED) is 0.615. The Kier molecular flexibility index (Phi) is 5.57. The lowest BCUT2D eigenvalue weighted by atomic mass is 10.2. The van der Waals surface area contributed by atoms with Gasteiger partial charge in [-0.15, -0.1) is 0 Å². The molecule has 6 nitrogen and oxygen atoms in total. The van der Waals surface area contributed by atoms with Gasteiger partial charge >= 0.3 is 0 Å². The molecule has 27 heavy (non-hydrogen) atoms. The molecule has 0 radical (unpaired) electrons.